The molecular weight excluding hydrogens is 162 g/mol. The molecule has 0 saturated carbocycles. The zero-order valence-electron chi connectivity index (χ0n) is 8.78. The van der Waals surface area contributed by atoms with E-state index in [1.54, 1.807) is 0 Å². The number of hydrogen-bond donors (Lipinski definition) is 0. The number of hydrogen-bond acceptors (Lipinski definition) is 1. The van der Waals surface area contributed by atoms with Crippen molar-refractivity contribution in [3.05, 3.63) is 23.9 Å². The summed E-state index contributed by atoms with van der Waals surface area (Å²) in [5, 5.41) is 0. The Bertz CT molecular complexity index is 249. The minimum atomic E-state index is 0.970. The summed E-state index contributed by atoms with van der Waals surface area (Å²) in [6.07, 6.45) is 7.29. The molecular formula is C10H17N3. The topological polar surface area (TPSA) is 18.8 Å². The van der Waals surface area contributed by atoms with Crippen LogP contribution in [0.15, 0.2) is 28.9 Å². The molecule has 1 rings (SSSR count). The van der Waals surface area contributed by atoms with Gasteiger partial charge in [0.1, 0.15) is 0 Å². The Hall–Kier alpha value is -1.25. The Morgan fingerprint density at radius 1 is 1.23 bits per heavy atom. The van der Waals surface area contributed by atoms with E-state index >= 15 is 0 Å². The van der Waals surface area contributed by atoms with E-state index in [2.05, 4.69) is 17.1 Å². The Balaban J connectivity index is 2.80. The third kappa shape index (κ3) is 2.61. The molecule has 0 saturated heterocycles. The number of allylic oxidation sites excluding steroid dienone is 3. The van der Waals surface area contributed by atoms with Gasteiger partial charge in [-0.25, -0.2) is 4.99 Å². The summed E-state index contributed by atoms with van der Waals surface area (Å²) in [5.41, 5.74) is 1.05. The van der Waals surface area contributed by atoms with Crippen LogP contribution in [-0.2, 0) is 0 Å². The van der Waals surface area contributed by atoms with Crippen molar-refractivity contribution in [2.45, 2.75) is 6.42 Å². The number of aliphatic imine (C=N–C) groups is 1. The van der Waals surface area contributed by atoms with Crippen molar-refractivity contribution < 1.29 is 0 Å². The molecule has 0 aromatic carbocycles. The van der Waals surface area contributed by atoms with Gasteiger partial charge < -0.3 is 9.80 Å². The van der Waals surface area contributed by atoms with Gasteiger partial charge in [0.15, 0.2) is 0 Å². The van der Waals surface area contributed by atoms with Gasteiger partial charge in [0.05, 0.1) is 5.70 Å². The van der Waals surface area contributed by atoms with Gasteiger partial charge in [-0.3, -0.25) is 0 Å². The molecule has 0 atom stereocenters. The lowest BCUT2D eigenvalue weighted by molar-refractivity contribution is 0.483. The molecule has 0 spiro atoms. The Morgan fingerprint density at radius 2 is 1.85 bits per heavy atom. The Morgan fingerprint density at radius 3 is 2.23 bits per heavy atom. The van der Waals surface area contributed by atoms with Crippen LogP contribution in [0.3, 0.4) is 0 Å². The quantitative estimate of drug-likeness (QED) is 0.446. The molecule has 0 fully saturated rings. The average molecular weight is 179 g/mol. The summed E-state index contributed by atoms with van der Waals surface area (Å²) in [6, 6.07) is 0. The van der Waals surface area contributed by atoms with Gasteiger partial charge in [-0.15, -0.1) is 0 Å². The van der Waals surface area contributed by atoms with Crippen molar-refractivity contribution in [1.82, 2.24) is 9.80 Å². The van der Waals surface area contributed by atoms with Gasteiger partial charge in [-0.1, -0.05) is 12.2 Å². The standard InChI is InChI=1S/C10H17N3/c1-12(2)10(13(3)4)11-9-7-5-6-8-9/h5,7-8H,6H2,1-4H3. The van der Waals surface area contributed by atoms with Crippen molar-refractivity contribution in [3.8, 4) is 0 Å². The third-order valence-electron chi connectivity index (χ3n) is 1.78. The maximum absolute atomic E-state index is 4.52. The lowest BCUT2D eigenvalue weighted by Crippen LogP contribution is -2.35. The zero-order valence-corrected chi connectivity index (χ0v) is 8.78. The molecule has 0 amide bonds. The molecule has 1 aliphatic rings. The second-order valence-corrected chi connectivity index (χ2v) is 3.47. The largest absolute Gasteiger partial charge is 0.349 e. The lowest BCUT2D eigenvalue weighted by atomic mass is 10.5. The van der Waals surface area contributed by atoms with Crippen molar-refractivity contribution >= 4 is 5.96 Å². The molecule has 0 aromatic rings. The molecule has 3 nitrogen and oxygen atoms in total. The molecule has 0 aromatic heterocycles. The minimum Gasteiger partial charge on any atom is -0.349 e. The first kappa shape index (κ1) is 9.84. The second kappa shape index (κ2) is 4.12. The van der Waals surface area contributed by atoms with Gasteiger partial charge in [0.2, 0.25) is 5.96 Å². The zero-order chi connectivity index (χ0) is 9.84. The molecule has 3 heteroatoms. The van der Waals surface area contributed by atoms with Crippen LogP contribution in [-0.4, -0.2) is 44.0 Å². The minimum absolute atomic E-state index is 0.970. The maximum atomic E-state index is 4.52. The summed E-state index contributed by atoms with van der Waals surface area (Å²) in [7, 11) is 7.99. The molecule has 1 aliphatic carbocycles. The van der Waals surface area contributed by atoms with Crippen LogP contribution in [0, 0.1) is 0 Å². The van der Waals surface area contributed by atoms with Crippen molar-refractivity contribution in [1.29, 1.82) is 0 Å². The van der Waals surface area contributed by atoms with Crippen LogP contribution in [0.4, 0.5) is 0 Å². The molecule has 0 radical (unpaired) electrons. The fourth-order valence-electron chi connectivity index (χ4n) is 1.24. The molecule has 0 bridgehead atoms. The Labute approximate surface area is 80.1 Å². The monoisotopic (exact) mass is 179 g/mol. The second-order valence-electron chi connectivity index (χ2n) is 3.47. The van der Waals surface area contributed by atoms with Crippen LogP contribution < -0.4 is 0 Å². The first-order valence-electron chi connectivity index (χ1n) is 4.41. The van der Waals surface area contributed by atoms with Crippen LogP contribution in [0.5, 0.6) is 0 Å². The Kier molecular flexibility index (Phi) is 3.12. The number of rotatable bonds is 1. The van der Waals surface area contributed by atoms with E-state index in [1.807, 2.05) is 44.1 Å². The molecule has 13 heavy (non-hydrogen) atoms. The van der Waals surface area contributed by atoms with Crippen molar-refractivity contribution in [2.75, 3.05) is 28.2 Å². The van der Waals surface area contributed by atoms with E-state index in [1.165, 1.54) is 0 Å². The first-order chi connectivity index (χ1) is 6.11. The average Bonchev–Trinajstić information content (AvgIpc) is 2.50. The SMILES string of the molecule is CN(C)C(=NC1=CCC=C1)N(C)C. The van der Waals surface area contributed by atoms with Gasteiger partial charge in [0.25, 0.3) is 0 Å². The summed E-state index contributed by atoms with van der Waals surface area (Å²) >= 11 is 0. The predicted octanol–water partition coefficient (Wildman–Crippen LogP) is 1.31. The van der Waals surface area contributed by atoms with Crippen molar-refractivity contribution in [3.63, 3.8) is 0 Å². The van der Waals surface area contributed by atoms with Crippen LogP contribution in [0.25, 0.3) is 0 Å². The van der Waals surface area contributed by atoms with Crippen LogP contribution >= 0.6 is 0 Å². The van der Waals surface area contributed by atoms with E-state index in [0.717, 1.165) is 18.1 Å². The molecule has 72 valence electrons. The fourth-order valence-corrected chi connectivity index (χ4v) is 1.24. The van der Waals surface area contributed by atoms with Crippen LogP contribution in [0.2, 0.25) is 0 Å². The van der Waals surface area contributed by atoms with E-state index in [0.29, 0.717) is 0 Å². The maximum Gasteiger partial charge on any atom is 0.200 e. The molecule has 0 aliphatic heterocycles. The highest BCUT2D eigenvalue weighted by Gasteiger charge is 2.05. The highest BCUT2D eigenvalue weighted by atomic mass is 15.3. The predicted molar refractivity (Wildman–Crippen MR) is 56.6 cm³/mol. The first-order valence-corrected chi connectivity index (χ1v) is 4.41. The van der Waals surface area contributed by atoms with Gasteiger partial charge >= 0.3 is 0 Å². The van der Waals surface area contributed by atoms with E-state index < -0.39 is 0 Å². The van der Waals surface area contributed by atoms with Gasteiger partial charge in [-0.2, -0.15) is 0 Å². The summed E-state index contributed by atoms with van der Waals surface area (Å²) in [4.78, 5) is 8.53. The fraction of sp³-hybridized carbons (Fsp3) is 0.500. The smallest absolute Gasteiger partial charge is 0.200 e. The summed E-state index contributed by atoms with van der Waals surface area (Å²) in [6.45, 7) is 0. The van der Waals surface area contributed by atoms with E-state index in [-0.39, 0.29) is 0 Å². The highest BCUT2D eigenvalue weighted by molar-refractivity contribution is 5.80. The normalized spacial score (nSPS) is 14.0. The van der Waals surface area contributed by atoms with E-state index in [9.17, 15) is 0 Å². The summed E-state index contributed by atoms with van der Waals surface area (Å²) < 4.78 is 0. The third-order valence-corrected chi connectivity index (χ3v) is 1.78. The molecule has 0 unspecified atom stereocenters. The number of nitrogens with zero attached hydrogens (tertiary/aromatic N) is 3. The number of guanidine groups is 1. The van der Waals surface area contributed by atoms with Gasteiger partial charge in [-0.05, 0) is 12.5 Å². The van der Waals surface area contributed by atoms with Crippen LogP contribution in [0.1, 0.15) is 6.42 Å². The molecule has 0 N–H and O–H groups in total. The summed E-state index contributed by atoms with van der Waals surface area (Å²) in [5.74, 6) is 0.970. The highest BCUT2D eigenvalue weighted by Crippen LogP contribution is 2.10. The van der Waals surface area contributed by atoms with Gasteiger partial charge in [0, 0.05) is 28.2 Å². The van der Waals surface area contributed by atoms with E-state index in [4.69, 9.17) is 0 Å². The lowest BCUT2D eigenvalue weighted by Gasteiger charge is -2.22. The molecule has 0 heterocycles. The van der Waals surface area contributed by atoms with Crippen molar-refractivity contribution in [2.24, 2.45) is 4.99 Å².